The first-order chi connectivity index (χ1) is 11.8. The zero-order valence-corrected chi connectivity index (χ0v) is 17.8. The molecule has 0 fully saturated rings. The summed E-state index contributed by atoms with van der Waals surface area (Å²) in [4.78, 5) is 12.2. The van der Waals surface area contributed by atoms with E-state index in [4.69, 9.17) is 4.42 Å². The lowest BCUT2D eigenvalue weighted by Crippen LogP contribution is -2.38. The molecule has 0 aliphatic carbocycles. The molecule has 0 aliphatic rings. The molecule has 0 aromatic carbocycles. The highest BCUT2D eigenvalue weighted by Gasteiger charge is 2.33. The minimum absolute atomic E-state index is 0. The van der Waals surface area contributed by atoms with E-state index in [-0.39, 0.29) is 30.5 Å². The van der Waals surface area contributed by atoms with Gasteiger partial charge in [-0.1, -0.05) is 0 Å². The molecule has 26 heavy (non-hydrogen) atoms. The molecule has 0 amide bonds. The normalized spacial score (nSPS) is 12.0. The summed E-state index contributed by atoms with van der Waals surface area (Å²) in [6, 6.07) is 0. The zero-order chi connectivity index (χ0) is 18.4. The molecule has 0 aliphatic heterocycles. The Morgan fingerprint density at radius 1 is 1.27 bits per heavy atom. The Bertz CT molecular complexity index is 710. The van der Waals surface area contributed by atoms with Gasteiger partial charge in [0.1, 0.15) is 12.3 Å². The van der Waals surface area contributed by atoms with Gasteiger partial charge < -0.3 is 15.1 Å². The van der Waals surface area contributed by atoms with E-state index >= 15 is 0 Å². The van der Waals surface area contributed by atoms with Gasteiger partial charge in [0.05, 0.1) is 10.7 Å². The first-order valence-electron chi connectivity index (χ1n) is 7.76. The third-order valence-electron chi connectivity index (χ3n) is 3.26. The van der Waals surface area contributed by atoms with E-state index in [0.29, 0.717) is 36.4 Å². The third-order valence-corrected chi connectivity index (χ3v) is 4.17. The molecule has 0 saturated heterocycles. The van der Waals surface area contributed by atoms with Crippen LogP contribution in [0.2, 0.25) is 0 Å². The van der Waals surface area contributed by atoms with Crippen LogP contribution in [0.25, 0.3) is 0 Å². The summed E-state index contributed by atoms with van der Waals surface area (Å²) in [5, 5.41) is 7.58. The number of aliphatic imine (C=N–C) groups is 1. The molecule has 2 aromatic rings. The molecule has 2 aromatic heterocycles. The second kappa shape index (κ2) is 10.1. The Morgan fingerprint density at radius 2 is 2.00 bits per heavy atom. The fourth-order valence-electron chi connectivity index (χ4n) is 1.94. The van der Waals surface area contributed by atoms with E-state index in [1.165, 1.54) is 0 Å². The number of rotatable bonds is 6. The number of thiazole rings is 1. The lowest BCUT2D eigenvalue weighted by Gasteiger charge is -2.10. The molecule has 0 unspecified atom stereocenters. The Balaban J connectivity index is 0.00000338. The van der Waals surface area contributed by atoms with E-state index in [2.05, 4.69) is 25.6 Å². The van der Waals surface area contributed by atoms with Crippen LogP contribution in [0, 0.1) is 13.8 Å². The standard InChI is InChI=1S/C15H20F3N5OS.HI/c1-4-19-14(21-7-12-22-9(2)10(3)24-12)20-6-5-13-23-11(8-25-13)15(16,17)18;/h8H,4-7H2,1-3H3,(H2,19,20,21);1H. The molecule has 0 atom stereocenters. The molecule has 2 N–H and O–H groups in total. The van der Waals surface area contributed by atoms with Crippen LogP contribution < -0.4 is 10.6 Å². The molecule has 2 rings (SSSR count). The van der Waals surface area contributed by atoms with Gasteiger partial charge in [-0.2, -0.15) is 13.2 Å². The molecule has 6 nitrogen and oxygen atoms in total. The van der Waals surface area contributed by atoms with Crippen molar-refractivity contribution in [1.82, 2.24) is 20.6 Å². The molecule has 0 spiro atoms. The number of nitrogens with zero attached hydrogens (tertiary/aromatic N) is 3. The van der Waals surface area contributed by atoms with Crippen LogP contribution in [0.5, 0.6) is 0 Å². The SMILES string of the molecule is CCNC(=NCc1nc(C)c(C)o1)NCCc1nc(C(F)(F)F)cs1.I. The van der Waals surface area contributed by atoms with Gasteiger partial charge in [-0.05, 0) is 20.8 Å². The number of halogens is 4. The molecule has 11 heteroatoms. The van der Waals surface area contributed by atoms with Crippen molar-refractivity contribution in [1.29, 1.82) is 0 Å². The number of hydrogen-bond donors (Lipinski definition) is 2. The minimum Gasteiger partial charge on any atom is -0.444 e. The Hall–Kier alpha value is -1.37. The Labute approximate surface area is 170 Å². The van der Waals surface area contributed by atoms with Crippen molar-refractivity contribution in [2.45, 2.75) is 39.9 Å². The molecule has 146 valence electrons. The van der Waals surface area contributed by atoms with E-state index < -0.39 is 11.9 Å². The zero-order valence-electron chi connectivity index (χ0n) is 14.6. The number of hydrogen-bond acceptors (Lipinski definition) is 5. The van der Waals surface area contributed by atoms with Gasteiger partial charge in [0.2, 0.25) is 5.89 Å². The van der Waals surface area contributed by atoms with Gasteiger partial charge in [0.25, 0.3) is 0 Å². The quantitative estimate of drug-likeness (QED) is 0.358. The number of alkyl halides is 3. The van der Waals surface area contributed by atoms with Crippen LogP contribution in [-0.2, 0) is 19.1 Å². The summed E-state index contributed by atoms with van der Waals surface area (Å²) in [5.74, 6) is 1.82. The lowest BCUT2D eigenvalue weighted by molar-refractivity contribution is -0.140. The highest BCUT2D eigenvalue weighted by molar-refractivity contribution is 14.0. The molecule has 0 radical (unpaired) electrons. The van der Waals surface area contributed by atoms with Crippen LogP contribution in [0.3, 0.4) is 0 Å². The van der Waals surface area contributed by atoms with Crippen molar-refractivity contribution in [2.75, 3.05) is 13.1 Å². The fourth-order valence-corrected chi connectivity index (χ4v) is 2.74. The largest absolute Gasteiger partial charge is 0.444 e. The average molecular weight is 503 g/mol. The van der Waals surface area contributed by atoms with Gasteiger partial charge in [-0.15, -0.1) is 35.3 Å². The van der Waals surface area contributed by atoms with Gasteiger partial charge in [0.15, 0.2) is 11.7 Å². The number of nitrogens with one attached hydrogen (secondary N) is 2. The minimum atomic E-state index is -4.40. The predicted octanol–water partition coefficient (Wildman–Crippen LogP) is 3.68. The van der Waals surface area contributed by atoms with Gasteiger partial charge in [0, 0.05) is 24.9 Å². The van der Waals surface area contributed by atoms with Crippen molar-refractivity contribution < 1.29 is 17.6 Å². The van der Waals surface area contributed by atoms with Crippen LogP contribution in [0.4, 0.5) is 13.2 Å². The second-order valence-electron chi connectivity index (χ2n) is 5.25. The summed E-state index contributed by atoms with van der Waals surface area (Å²) in [7, 11) is 0. The summed E-state index contributed by atoms with van der Waals surface area (Å²) >= 11 is 1.000. The first kappa shape index (κ1) is 22.7. The monoisotopic (exact) mass is 503 g/mol. The highest BCUT2D eigenvalue weighted by Crippen LogP contribution is 2.29. The average Bonchev–Trinajstić information content (AvgIpc) is 3.12. The summed E-state index contributed by atoms with van der Waals surface area (Å²) < 4.78 is 43.0. The summed E-state index contributed by atoms with van der Waals surface area (Å²) in [6.45, 7) is 6.97. The second-order valence-corrected chi connectivity index (χ2v) is 6.19. The molecule has 0 saturated carbocycles. The topological polar surface area (TPSA) is 75.3 Å². The summed E-state index contributed by atoms with van der Waals surface area (Å²) in [5.41, 5.74) is -0.0184. The van der Waals surface area contributed by atoms with Gasteiger partial charge >= 0.3 is 6.18 Å². The maximum absolute atomic E-state index is 12.5. The third kappa shape index (κ3) is 6.74. The number of aryl methyl sites for hydroxylation is 2. The molecular formula is C15H21F3IN5OS. The maximum Gasteiger partial charge on any atom is 0.434 e. The molecular weight excluding hydrogens is 482 g/mol. The lowest BCUT2D eigenvalue weighted by atomic mass is 10.4. The van der Waals surface area contributed by atoms with E-state index in [1.54, 1.807) is 0 Å². The van der Waals surface area contributed by atoms with Crippen molar-refractivity contribution in [3.05, 3.63) is 33.4 Å². The van der Waals surface area contributed by atoms with Crippen LogP contribution >= 0.6 is 35.3 Å². The smallest absolute Gasteiger partial charge is 0.434 e. The van der Waals surface area contributed by atoms with Crippen LogP contribution in [0.15, 0.2) is 14.8 Å². The first-order valence-corrected chi connectivity index (χ1v) is 8.64. The van der Waals surface area contributed by atoms with Crippen molar-refractivity contribution in [3.8, 4) is 0 Å². The maximum atomic E-state index is 12.5. The van der Waals surface area contributed by atoms with E-state index in [1.807, 2.05) is 20.8 Å². The predicted molar refractivity (Wildman–Crippen MR) is 105 cm³/mol. The highest BCUT2D eigenvalue weighted by atomic mass is 127. The number of oxazole rings is 1. The van der Waals surface area contributed by atoms with Crippen LogP contribution in [-0.4, -0.2) is 29.0 Å². The van der Waals surface area contributed by atoms with E-state index in [9.17, 15) is 13.2 Å². The van der Waals surface area contributed by atoms with Crippen molar-refractivity contribution in [2.24, 2.45) is 4.99 Å². The Kier molecular flexibility index (Phi) is 8.80. The van der Waals surface area contributed by atoms with Crippen LogP contribution in [0.1, 0.15) is 35.0 Å². The molecule has 0 bridgehead atoms. The fraction of sp³-hybridized carbons (Fsp3) is 0.533. The van der Waals surface area contributed by atoms with E-state index in [0.717, 1.165) is 28.2 Å². The number of guanidine groups is 1. The van der Waals surface area contributed by atoms with Gasteiger partial charge in [-0.25, -0.2) is 15.0 Å². The molecule has 2 heterocycles. The Morgan fingerprint density at radius 3 is 2.54 bits per heavy atom. The van der Waals surface area contributed by atoms with Crippen molar-refractivity contribution in [3.63, 3.8) is 0 Å². The number of aromatic nitrogens is 2. The van der Waals surface area contributed by atoms with Crippen molar-refractivity contribution >= 4 is 41.3 Å². The van der Waals surface area contributed by atoms with Gasteiger partial charge in [-0.3, -0.25) is 0 Å². The summed E-state index contributed by atoms with van der Waals surface area (Å²) in [6.07, 6.45) is -4.02.